The number of hydrogen-bond donors (Lipinski definition) is 1. The number of nitrogens with one attached hydrogen (secondary N) is 1. The summed E-state index contributed by atoms with van der Waals surface area (Å²) in [5.41, 5.74) is 5.07. The number of rotatable bonds is 5. The minimum Gasteiger partial charge on any atom is -0.349 e. The van der Waals surface area contributed by atoms with Crippen molar-refractivity contribution in [3.63, 3.8) is 0 Å². The first-order valence-electron chi connectivity index (χ1n) is 7.74. The van der Waals surface area contributed by atoms with Gasteiger partial charge < -0.3 is 5.32 Å². The summed E-state index contributed by atoms with van der Waals surface area (Å²) in [5.74, 6) is -0.132. The molecule has 0 saturated heterocycles. The smallest absolute Gasteiger partial charge is 0.265 e. The summed E-state index contributed by atoms with van der Waals surface area (Å²) in [6.07, 6.45) is 0. The molecule has 0 bridgehead atoms. The molecule has 24 heavy (non-hydrogen) atoms. The maximum absolute atomic E-state index is 12.1. The quantitative estimate of drug-likeness (QED) is 0.774. The van der Waals surface area contributed by atoms with E-state index in [0.717, 1.165) is 34.0 Å². The molecular formula is C17H19N5OS. The molecule has 0 fully saturated rings. The van der Waals surface area contributed by atoms with E-state index < -0.39 is 0 Å². The van der Waals surface area contributed by atoms with Crippen molar-refractivity contribution in [2.45, 2.75) is 27.3 Å². The van der Waals surface area contributed by atoms with E-state index in [2.05, 4.69) is 39.1 Å². The molecule has 0 atom stereocenters. The minimum absolute atomic E-state index is 0.132. The van der Waals surface area contributed by atoms with Crippen LogP contribution in [-0.4, -0.2) is 31.8 Å². The van der Waals surface area contributed by atoms with Gasteiger partial charge in [-0.1, -0.05) is 34.8 Å². The largest absolute Gasteiger partial charge is 0.349 e. The molecule has 2 aromatic heterocycles. The first kappa shape index (κ1) is 16.3. The maximum atomic E-state index is 12.1. The minimum atomic E-state index is -0.132. The lowest BCUT2D eigenvalue weighted by molar-refractivity contribution is 0.0955. The van der Waals surface area contributed by atoms with Crippen molar-refractivity contribution in [1.82, 2.24) is 24.7 Å². The van der Waals surface area contributed by atoms with Gasteiger partial charge in [0, 0.05) is 17.8 Å². The number of carbonyl (C=O) groups excluding carboxylic acids is 1. The highest BCUT2D eigenvalue weighted by molar-refractivity contribution is 7.07. The van der Waals surface area contributed by atoms with Crippen LogP contribution in [0.1, 0.15) is 26.8 Å². The Labute approximate surface area is 144 Å². The van der Waals surface area contributed by atoms with Crippen LogP contribution in [0.4, 0.5) is 0 Å². The van der Waals surface area contributed by atoms with E-state index >= 15 is 0 Å². The van der Waals surface area contributed by atoms with Crippen LogP contribution in [-0.2, 0) is 6.54 Å². The third kappa shape index (κ3) is 3.21. The Morgan fingerprint density at radius 3 is 2.58 bits per heavy atom. The van der Waals surface area contributed by atoms with E-state index in [-0.39, 0.29) is 5.91 Å². The van der Waals surface area contributed by atoms with E-state index in [1.807, 2.05) is 29.8 Å². The molecule has 2 heterocycles. The molecule has 0 aliphatic rings. The molecule has 7 heteroatoms. The number of aromatic nitrogens is 4. The number of nitrogens with zero attached hydrogens (tertiary/aromatic N) is 4. The van der Waals surface area contributed by atoms with Gasteiger partial charge in [-0.05, 0) is 37.9 Å². The van der Waals surface area contributed by atoms with Crippen LogP contribution in [0.3, 0.4) is 0 Å². The van der Waals surface area contributed by atoms with Gasteiger partial charge in [-0.25, -0.2) is 0 Å². The van der Waals surface area contributed by atoms with Crippen molar-refractivity contribution in [1.29, 1.82) is 0 Å². The molecule has 3 rings (SSSR count). The highest BCUT2D eigenvalue weighted by Crippen LogP contribution is 2.26. The number of aryl methyl sites for hydroxylation is 2. The van der Waals surface area contributed by atoms with E-state index in [4.69, 9.17) is 0 Å². The molecular weight excluding hydrogens is 322 g/mol. The van der Waals surface area contributed by atoms with Gasteiger partial charge in [0.1, 0.15) is 4.88 Å². The zero-order valence-electron chi connectivity index (χ0n) is 13.9. The molecule has 0 saturated carbocycles. The Hall–Kier alpha value is -2.54. The number of amides is 1. The highest BCUT2D eigenvalue weighted by atomic mass is 32.1. The lowest BCUT2D eigenvalue weighted by atomic mass is 10.0. The van der Waals surface area contributed by atoms with Crippen molar-refractivity contribution in [3.8, 4) is 11.1 Å². The SMILES string of the molecule is Cc1nnsc1C(=O)NCCn1nc(C)c(-c2ccccc2)c1C. The van der Waals surface area contributed by atoms with Gasteiger partial charge in [-0.2, -0.15) is 5.10 Å². The van der Waals surface area contributed by atoms with Crippen molar-refractivity contribution in [3.05, 3.63) is 52.3 Å². The Morgan fingerprint density at radius 1 is 1.17 bits per heavy atom. The highest BCUT2D eigenvalue weighted by Gasteiger charge is 2.15. The second-order valence-electron chi connectivity index (χ2n) is 5.58. The van der Waals surface area contributed by atoms with Crippen LogP contribution < -0.4 is 5.32 Å². The number of carbonyl (C=O) groups is 1. The first-order chi connectivity index (χ1) is 11.6. The van der Waals surface area contributed by atoms with Crippen molar-refractivity contribution < 1.29 is 4.79 Å². The Balaban J connectivity index is 1.69. The maximum Gasteiger partial charge on any atom is 0.265 e. The summed E-state index contributed by atoms with van der Waals surface area (Å²) in [4.78, 5) is 12.6. The lowest BCUT2D eigenvalue weighted by Crippen LogP contribution is -2.27. The fourth-order valence-electron chi connectivity index (χ4n) is 2.73. The fourth-order valence-corrected chi connectivity index (χ4v) is 3.31. The van der Waals surface area contributed by atoms with Gasteiger partial charge in [0.25, 0.3) is 5.91 Å². The number of benzene rings is 1. The van der Waals surface area contributed by atoms with Crippen molar-refractivity contribution in [2.24, 2.45) is 0 Å². The predicted octanol–water partition coefficient (Wildman–Crippen LogP) is 2.76. The molecule has 0 unspecified atom stereocenters. The molecule has 6 nitrogen and oxygen atoms in total. The van der Waals surface area contributed by atoms with Gasteiger partial charge >= 0.3 is 0 Å². The molecule has 3 aromatic rings. The van der Waals surface area contributed by atoms with Crippen molar-refractivity contribution >= 4 is 17.4 Å². The van der Waals surface area contributed by atoms with Gasteiger partial charge in [0.05, 0.1) is 17.9 Å². The normalized spacial score (nSPS) is 10.8. The summed E-state index contributed by atoms with van der Waals surface area (Å²) in [6.45, 7) is 6.98. The topological polar surface area (TPSA) is 72.7 Å². The van der Waals surface area contributed by atoms with Crippen LogP contribution in [0.15, 0.2) is 30.3 Å². The lowest BCUT2D eigenvalue weighted by Gasteiger charge is -2.07. The zero-order chi connectivity index (χ0) is 17.1. The second kappa shape index (κ2) is 6.92. The Morgan fingerprint density at radius 2 is 1.92 bits per heavy atom. The van der Waals surface area contributed by atoms with Crippen molar-refractivity contribution in [2.75, 3.05) is 6.54 Å². The molecule has 1 N–H and O–H groups in total. The second-order valence-corrected chi connectivity index (χ2v) is 6.33. The van der Waals surface area contributed by atoms with E-state index in [0.29, 0.717) is 23.7 Å². The third-order valence-electron chi connectivity index (χ3n) is 3.91. The van der Waals surface area contributed by atoms with E-state index in [1.54, 1.807) is 6.92 Å². The fraction of sp³-hybridized carbons (Fsp3) is 0.294. The molecule has 0 spiro atoms. The van der Waals surface area contributed by atoms with Crippen LogP contribution >= 0.6 is 11.5 Å². The molecule has 0 aliphatic heterocycles. The first-order valence-corrected chi connectivity index (χ1v) is 8.52. The molecule has 1 aromatic carbocycles. The Bertz CT molecular complexity index is 853. The van der Waals surface area contributed by atoms with Crippen LogP contribution in [0.5, 0.6) is 0 Å². The van der Waals surface area contributed by atoms with Gasteiger partial charge in [-0.3, -0.25) is 9.48 Å². The van der Waals surface area contributed by atoms with Crippen LogP contribution in [0.25, 0.3) is 11.1 Å². The molecule has 0 radical (unpaired) electrons. The van der Waals surface area contributed by atoms with Gasteiger partial charge in [-0.15, -0.1) is 5.10 Å². The third-order valence-corrected chi connectivity index (χ3v) is 4.74. The average Bonchev–Trinajstić information content (AvgIpc) is 3.12. The number of hydrogen-bond acceptors (Lipinski definition) is 5. The van der Waals surface area contributed by atoms with Gasteiger partial charge in [0.15, 0.2) is 0 Å². The summed E-state index contributed by atoms with van der Waals surface area (Å²) in [5, 5.41) is 11.4. The summed E-state index contributed by atoms with van der Waals surface area (Å²) in [7, 11) is 0. The summed E-state index contributed by atoms with van der Waals surface area (Å²) >= 11 is 1.12. The van der Waals surface area contributed by atoms with Crippen LogP contribution in [0, 0.1) is 20.8 Å². The van der Waals surface area contributed by atoms with Crippen LogP contribution in [0.2, 0.25) is 0 Å². The van der Waals surface area contributed by atoms with E-state index in [9.17, 15) is 4.79 Å². The average molecular weight is 341 g/mol. The summed E-state index contributed by atoms with van der Waals surface area (Å²) in [6, 6.07) is 10.2. The molecule has 0 aliphatic carbocycles. The summed E-state index contributed by atoms with van der Waals surface area (Å²) < 4.78 is 5.73. The zero-order valence-corrected chi connectivity index (χ0v) is 14.7. The molecule has 124 valence electrons. The monoisotopic (exact) mass is 341 g/mol. The van der Waals surface area contributed by atoms with Gasteiger partial charge in [0.2, 0.25) is 0 Å². The standard InChI is InChI=1S/C17H19N5OS/c1-11-15(14-7-5-4-6-8-14)13(3)22(20-11)10-9-18-17(23)16-12(2)19-21-24-16/h4-8H,9-10H2,1-3H3,(H,18,23). The van der Waals surface area contributed by atoms with E-state index in [1.165, 1.54) is 0 Å². The predicted molar refractivity (Wildman–Crippen MR) is 94.1 cm³/mol. The molecule has 1 amide bonds. The Kier molecular flexibility index (Phi) is 4.71.